The Balaban J connectivity index is 2.56. The van der Waals surface area contributed by atoms with Crippen LogP contribution in [0.1, 0.15) is 19.4 Å². The van der Waals surface area contributed by atoms with Gasteiger partial charge in [0.25, 0.3) is 0 Å². The highest BCUT2D eigenvalue weighted by molar-refractivity contribution is 7.89. The summed E-state index contributed by atoms with van der Waals surface area (Å²) in [6.07, 6.45) is 0. The van der Waals surface area contributed by atoms with Gasteiger partial charge in [0.15, 0.2) is 0 Å². The number of sulfonamides is 1. The number of halogens is 2. The largest absolute Gasteiger partial charge is 0.392 e. The van der Waals surface area contributed by atoms with Crippen LogP contribution in [0.15, 0.2) is 17.0 Å². The zero-order valence-corrected chi connectivity index (χ0v) is 14.1. The Kier molecular flexibility index (Phi) is 4.87. The first-order valence-electron chi connectivity index (χ1n) is 6.39. The minimum Gasteiger partial charge on any atom is -0.392 e. The summed E-state index contributed by atoms with van der Waals surface area (Å²) in [5, 5.41) is 9.49. The van der Waals surface area contributed by atoms with E-state index in [1.165, 1.54) is 16.4 Å². The van der Waals surface area contributed by atoms with Crippen LogP contribution in [0.2, 0.25) is 10.0 Å². The summed E-state index contributed by atoms with van der Waals surface area (Å²) in [6, 6.07) is 2.76. The molecule has 1 heterocycles. The van der Waals surface area contributed by atoms with Crippen LogP contribution in [-0.2, 0) is 21.4 Å². The molecule has 1 saturated heterocycles. The van der Waals surface area contributed by atoms with E-state index >= 15 is 0 Å². The van der Waals surface area contributed by atoms with Crippen molar-refractivity contribution in [1.29, 1.82) is 0 Å². The second kappa shape index (κ2) is 6.02. The Morgan fingerprint density at radius 2 is 2.05 bits per heavy atom. The average Bonchev–Trinajstić information content (AvgIpc) is 2.40. The van der Waals surface area contributed by atoms with E-state index in [4.69, 9.17) is 27.9 Å². The summed E-state index contributed by atoms with van der Waals surface area (Å²) in [6.45, 7) is 4.07. The topological polar surface area (TPSA) is 66.8 Å². The standard InChI is InChI=1S/C13H17Cl2NO4S/c1-13(2)8-20-4-3-16(13)21(18,19)11-6-10(14)5-9(7-17)12(11)15/h5-6,17H,3-4,7-8H2,1-2H3. The molecule has 0 amide bonds. The van der Waals surface area contributed by atoms with Crippen LogP contribution in [-0.4, -0.2) is 43.1 Å². The molecule has 1 N–H and O–H groups in total. The van der Waals surface area contributed by atoms with Gasteiger partial charge in [-0.3, -0.25) is 0 Å². The van der Waals surface area contributed by atoms with E-state index in [0.29, 0.717) is 13.2 Å². The van der Waals surface area contributed by atoms with Crippen molar-refractivity contribution in [2.75, 3.05) is 19.8 Å². The zero-order chi connectivity index (χ0) is 15.8. The number of aliphatic hydroxyl groups excluding tert-OH is 1. The van der Waals surface area contributed by atoms with E-state index in [1.807, 2.05) is 0 Å². The minimum atomic E-state index is -3.83. The molecule has 1 fully saturated rings. The van der Waals surface area contributed by atoms with Crippen LogP contribution in [0, 0.1) is 0 Å². The number of hydrogen-bond acceptors (Lipinski definition) is 4. The molecule has 0 unspecified atom stereocenters. The molecule has 2 rings (SSSR count). The van der Waals surface area contributed by atoms with Crippen LogP contribution >= 0.6 is 23.2 Å². The molecule has 1 aromatic carbocycles. The second-order valence-corrected chi connectivity index (χ2v) is 8.12. The number of hydrogen-bond donors (Lipinski definition) is 1. The quantitative estimate of drug-likeness (QED) is 0.905. The lowest BCUT2D eigenvalue weighted by Gasteiger charge is -2.40. The molecule has 1 aliphatic rings. The van der Waals surface area contributed by atoms with Gasteiger partial charge in [-0.1, -0.05) is 23.2 Å². The predicted molar refractivity (Wildman–Crippen MR) is 81.2 cm³/mol. The maximum Gasteiger partial charge on any atom is 0.245 e. The third-order valence-electron chi connectivity index (χ3n) is 3.39. The van der Waals surface area contributed by atoms with Crippen molar-refractivity contribution in [3.63, 3.8) is 0 Å². The van der Waals surface area contributed by atoms with Crippen molar-refractivity contribution in [2.24, 2.45) is 0 Å². The number of morpholine rings is 1. The van der Waals surface area contributed by atoms with Gasteiger partial charge in [-0.25, -0.2) is 8.42 Å². The lowest BCUT2D eigenvalue weighted by atomic mass is 10.1. The van der Waals surface area contributed by atoms with E-state index in [-0.39, 0.29) is 33.7 Å². The molecule has 1 aromatic rings. The number of ether oxygens (including phenoxy) is 1. The van der Waals surface area contributed by atoms with Gasteiger partial charge in [-0.2, -0.15) is 4.31 Å². The molecule has 0 aromatic heterocycles. The molecule has 5 nitrogen and oxygen atoms in total. The Bertz CT molecular complexity index is 646. The summed E-state index contributed by atoms with van der Waals surface area (Å²) in [5.41, 5.74) is -0.393. The van der Waals surface area contributed by atoms with Crippen LogP contribution in [0.5, 0.6) is 0 Å². The van der Waals surface area contributed by atoms with Crippen molar-refractivity contribution in [1.82, 2.24) is 4.31 Å². The molecule has 0 bridgehead atoms. The first-order valence-corrected chi connectivity index (χ1v) is 8.59. The third kappa shape index (κ3) is 3.21. The highest BCUT2D eigenvalue weighted by atomic mass is 35.5. The van der Waals surface area contributed by atoms with Gasteiger partial charge in [0, 0.05) is 11.6 Å². The first kappa shape index (κ1) is 17.0. The van der Waals surface area contributed by atoms with Crippen LogP contribution < -0.4 is 0 Å². The third-order valence-corrected chi connectivity index (χ3v) is 6.30. The molecule has 118 valence electrons. The van der Waals surface area contributed by atoms with Crippen molar-refractivity contribution in [3.05, 3.63) is 27.7 Å². The van der Waals surface area contributed by atoms with Crippen molar-refractivity contribution in [2.45, 2.75) is 30.9 Å². The van der Waals surface area contributed by atoms with Gasteiger partial charge in [-0.05, 0) is 31.5 Å². The molecular formula is C13H17Cl2NO4S. The van der Waals surface area contributed by atoms with Crippen molar-refractivity contribution in [3.8, 4) is 0 Å². The molecule has 8 heteroatoms. The Morgan fingerprint density at radius 3 is 2.62 bits per heavy atom. The summed E-state index contributed by atoms with van der Waals surface area (Å²) in [7, 11) is -3.83. The Hall–Kier alpha value is -0.370. The number of rotatable bonds is 3. The van der Waals surface area contributed by atoms with Gasteiger partial charge in [-0.15, -0.1) is 0 Å². The maximum absolute atomic E-state index is 12.9. The van der Waals surface area contributed by atoms with Gasteiger partial charge in [0.2, 0.25) is 10.0 Å². The van der Waals surface area contributed by atoms with Crippen LogP contribution in [0.3, 0.4) is 0 Å². The molecule has 0 radical (unpaired) electrons. The second-order valence-electron chi connectivity index (χ2n) is 5.48. The van der Waals surface area contributed by atoms with Crippen molar-refractivity contribution < 1.29 is 18.3 Å². The fourth-order valence-electron chi connectivity index (χ4n) is 2.33. The first-order chi connectivity index (χ1) is 9.70. The SMILES string of the molecule is CC1(C)COCCN1S(=O)(=O)c1cc(Cl)cc(CO)c1Cl. The monoisotopic (exact) mass is 353 g/mol. The van der Waals surface area contributed by atoms with E-state index in [2.05, 4.69) is 0 Å². The maximum atomic E-state index is 12.9. The van der Waals surface area contributed by atoms with Gasteiger partial charge >= 0.3 is 0 Å². The minimum absolute atomic E-state index is 0.00388. The van der Waals surface area contributed by atoms with Gasteiger partial charge in [0.05, 0.1) is 30.4 Å². The fraction of sp³-hybridized carbons (Fsp3) is 0.538. The Labute approximate surface area is 134 Å². The smallest absolute Gasteiger partial charge is 0.245 e. The van der Waals surface area contributed by atoms with E-state index in [9.17, 15) is 13.5 Å². The van der Waals surface area contributed by atoms with Crippen LogP contribution in [0.4, 0.5) is 0 Å². The number of benzene rings is 1. The molecule has 0 spiro atoms. The van der Waals surface area contributed by atoms with Gasteiger partial charge in [0.1, 0.15) is 4.90 Å². The lowest BCUT2D eigenvalue weighted by molar-refractivity contribution is -0.00770. The number of aliphatic hydroxyl groups is 1. The van der Waals surface area contributed by atoms with Gasteiger partial charge < -0.3 is 9.84 Å². The molecular weight excluding hydrogens is 337 g/mol. The molecule has 0 atom stereocenters. The normalized spacial score (nSPS) is 19.7. The van der Waals surface area contributed by atoms with Crippen LogP contribution in [0.25, 0.3) is 0 Å². The summed E-state index contributed by atoms with van der Waals surface area (Å²) in [4.78, 5) is -0.0873. The highest BCUT2D eigenvalue weighted by Gasteiger charge is 2.40. The zero-order valence-electron chi connectivity index (χ0n) is 11.8. The van der Waals surface area contributed by atoms with Crippen molar-refractivity contribution >= 4 is 33.2 Å². The molecule has 21 heavy (non-hydrogen) atoms. The van der Waals surface area contributed by atoms with E-state index in [1.54, 1.807) is 13.8 Å². The Morgan fingerprint density at radius 1 is 1.38 bits per heavy atom. The average molecular weight is 354 g/mol. The highest BCUT2D eigenvalue weighted by Crippen LogP contribution is 2.34. The predicted octanol–water partition coefficient (Wildman–Crippen LogP) is 2.29. The van der Waals surface area contributed by atoms with E-state index < -0.39 is 15.6 Å². The fourth-order valence-corrected chi connectivity index (χ4v) is 4.99. The molecule has 1 aliphatic heterocycles. The summed E-state index contributed by atoms with van der Waals surface area (Å²) >= 11 is 12.1. The number of nitrogens with zero attached hydrogens (tertiary/aromatic N) is 1. The summed E-state index contributed by atoms with van der Waals surface area (Å²) < 4.78 is 32.5. The van der Waals surface area contributed by atoms with E-state index in [0.717, 1.165) is 0 Å². The summed E-state index contributed by atoms with van der Waals surface area (Å²) in [5.74, 6) is 0. The molecule has 0 aliphatic carbocycles. The lowest BCUT2D eigenvalue weighted by Crippen LogP contribution is -2.55. The molecule has 0 saturated carbocycles.